The largest absolute Gasteiger partial charge is 0.466 e. The van der Waals surface area contributed by atoms with Crippen molar-refractivity contribution in [3.8, 4) is 0 Å². The summed E-state index contributed by atoms with van der Waals surface area (Å²) in [5.74, 6) is -0.174. The molecule has 0 aromatic carbocycles. The van der Waals surface area contributed by atoms with Gasteiger partial charge in [0.1, 0.15) is 24.4 Å². The molecule has 92 heavy (non-hydrogen) atoms. The van der Waals surface area contributed by atoms with Gasteiger partial charge in [-0.3, -0.25) is 9.59 Å². The van der Waals surface area contributed by atoms with Crippen LogP contribution in [-0.2, 0) is 23.8 Å². The second-order valence-corrected chi connectivity index (χ2v) is 27.7. The van der Waals surface area contributed by atoms with E-state index in [2.05, 4.69) is 55.6 Å². The van der Waals surface area contributed by atoms with Crippen LogP contribution in [0.2, 0.25) is 0 Å². The molecule has 7 unspecified atom stereocenters. The summed E-state index contributed by atoms with van der Waals surface area (Å²) < 4.78 is 16.7. The third kappa shape index (κ3) is 57.8. The summed E-state index contributed by atoms with van der Waals surface area (Å²) in [6.45, 7) is 4.35. The third-order valence-electron chi connectivity index (χ3n) is 18.9. The third-order valence-corrected chi connectivity index (χ3v) is 18.9. The molecule has 6 N–H and O–H groups in total. The number of ether oxygens (including phenoxy) is 3. The van der Waals surface area contributed by atoms with Crippen LogP contribution in [0.25, 0.3) is 0 Å². The Morgan fingerprint density at radius 2 is 0.707 bits per heavy atom. The topological polar surface area (TPSA) is 175 Å². The van der Waals surface area contributed by atoms with Crippen LogP contribution in [0.5, 0.6) is 0 Å². The van der Waals surface area contributed by atoms with E-state index in [0.717, 1.165) is 64.2 Å². The molecule has 1 aliphatic heterocycles. The highest BCUT2D eigenvalue weighted by Crippen LogP contribution is 2.24. The molecule has 0 aliphatic carbocycles. The molecule has 540 valence electrons. The maximum atomic E-state index is 13.1. The number of esters is 1. The van der Waals surface area contributed by atoms with Gasteiger partial charge in [0, 0.05) is 12.8 Å². The summed E-state index contributed by atoms with van der Waals surface area (Å²) >= 11 is 0. The molecule has 0 saturated carbocycles. The number of allylic oxidation sites excluding steroid dienone is 7. The normalized spacial score (nSPS) is 17.8. The molecule has 1 amide bonds. The number of hydrogen-bond donors (Lipinski definition) is 6. The average molecular weight is 1300 g/mol. The van der Waals surface area contributed by atoms with Crippen LogP contribution in [0.4, 0.5) is 0 Å². The van der Waals surface area contributed by atoms with Crippen molar-refractivity contribution < 1.29 is 49.3 Å². The van der Waals surface area contributed by atoms with Gasteiger partial charge in [-0.2, -0.15) is 0 Å². The van der Waals surface area contributed by atoms with Crippen LogP contribution >= 0.6 is 0 Å². The van der Waals surface area contributed by atoms with E-state index in [-0.39, 0.29) is 18.5 Å². The zero-order valence-corrected chi connectivity index (χ0v) is 60.3. The Morgan fingerprint density at radius 3 is 1.09 bits per heavy atom. The number of unbranched alkanes of at least 4 members (excludes halogenated alkanes) is 51. The molecule has 1 fully saturated rings. The predicted molar refractivity (Wildman–Crippen MR) is 389 cm³/mol. The number of aliphatic hydroxyl groups is 5. The number of nitrogens with one attached hydrogen (secondary N) is 1. The number of carbonyl (C=O) groups is 2. The first-order valence-corrected chi connectivity index (χ1v) is 39.9. The summed E-state index contributed by atoms with van der Waals surface area (Å²) in [4.78, 5) is 25.1. The molecular formula is C81H151NO10. The Labute approximate surface area is 567 Å². The first-order valence-electron chi connectivity index (χ1n) is 39.9. The molecule has 0 bridgehead atoms. The van der Waals surface area contributed by atoms with Gasteiger partial charge in [0.25, 0.3) is 0 Å². The molecular weight excluding hydrogens is 1150 g/mol. The zero-order chi connectivity index (χ0) is 66.5. The number of amides is 1. The lowest BCUT2D eigenvalue weighted by molar-refractivity contribution is -0.302. The van der Waals surface area contributed by atoms with Crippen LogP contribution in [0.15, 0.2) is 48.6 Å². The molecule has 1 rings (SSSR count). The minimum Gasteiger partial charge on any atom is -0.466 e. The lowest BCUT2D eigenvalue weighted by Gasteiger charge is -2.40. The lowest BCUT2D eigenvalue weighted by atomic mass is 9.99. The maximum Gasteiger partial charge on any atom is 0.305 e. The van der Waals surface area contributed by atoms with Crippen LogP contribution in [0.3, 0.4) is 0 Å². The maximum absolute atomic E-state index is 13.1. The van der Waals surface area contributed by atoms with E-state index in [1.165, 1.54) is 302 Å². The second kappa shape index (κ2) is 70.0. The lowest BCUT2D eigenvalue weighted by Crippen LogP contribution is -2.60. The van der Waals surface area contributed by atoms with Gasteiger partial charge in [0.15, 0.2) is 6.29 Å². The smallest absolute Gasteiger partial charge is 0.305 e. The van der Waals surface area contributed by atoms with E-state index in [9.17, 15) is 35.1 Å². The quantitative estimate of drug-likeness (QED) is 0.0195. The molecule has 0 radical (unpaired) electrons. The molecule has 0 aromatic heterocycles. The van der Waals surface area contributed by atoms with Gasteiger partial charge in [-0.15, -0.1) is 0 Å². The van der Waals surface area contributed by atoms with Crippen LogP contribution in [-0.4, -0.2) is 100 Å². The van der Waals surface area contributed by atoms with Crippen molar-refractivity contribution in [1.29, 1.82) is 0 Å². The highest BCUT2D eigenvalue weighted by Gasteiger charge is 2.44. The Kier molecular flexibility index (Phi) is 66.6. The van der Waals surface area contributed by atoms with Gasteiger partial charge in [-0.1, -0.05) is 345 Å². The monoisotopic (exact) mass is 1300 g/mol. The molecule has 11 nitrogen and oxygen atoms in total. The van der Waals surface area contributed by atoms with Crippen LogP contribution in [0, 0.1) is 0 Å². The fourth-order valence-corrected chi connectivity index (χ4v) is 12.6. The SMILES string of the molecule is CCCCCC/C=C/CC/C=C/CC/C=C/C(O)C(COC1OC(CO)C(O)C(O)C1O)NC(=O)CCCCCCCCCCCCCCCCCCC/C=C\CCCCCCCCCCCCCCCCCCCCOC(=O)CCCCCCCCCCCCC. The summed E-state index contributed by atoms with van der Waals surface area (Å²) in [6.07, 6.45) is 82.9. The van der Waals surface area contributed by atoms with E-state index in [1.54, 1.807) is 6.08 Å². The fourth-order valence-electron chi connectivity index (χ4n) is 12.6. The Bertz CT molecular complexity index is 1670. The summed E-state index contributed by atoms with van der Waals surface area (Å²) in [5.41, 5.74) is 0. The van der Waals surface area contributed by atoms with E-state index in [1.807, 2.05) is 6.08 Å². The van der Waals surface area contributed by atoms with Gasteiger partial charge >= 0.3 is 5.97 Å². The summed E-state index contributed by atoms with van der Waals surface area (Å²) in [5, 5.41) is 54.5. The second-order valence-electron chi connectivity index (χ2n) is 27.7. The van der Waals surface area contributed by atoms with Crippen LogP contribution in [0.1, 0.15) is 393 Å². The van der Waals surface area contributed by atoms with Crippen LogP contribution < -0.4 is 5.32 Å². The number of rotatable bonds is 71. The number of aliphatic hydroxyl groups excluding tert-OH is 5. The summed E-state index contributed by atoms with van der Waals surface area (Å²) in [7, 11) is 0. The standard InChI is InChI=1S/C81H151NO10/c1-3-5-7-9-11-13-15-16-44-48-51-55-59-63-67-74(84)73(72-91-81-80(89)79(88)78(87)75(71-83)92-81)82-76(85)68-64-60-56-52-49-45-42-40-38-36-34-32-30-28-26-24-22-20-18-17-19-21-23-25-27-29-31-33-35-37-39-41-43-46-50-54-58-62-66-70-90-77(86)69-65-61-57-53-47-14-12-10-8-6-4-2/h13,15,17-18,48,51,63,67,73-75,78-81,83-84,87-89H,3-12,14,16,19-47,49-50,52-62,64-66,68-72H2,1-2H3,(H,82,85)/b15-13+,18-17-,51-48+,67-63+. The molecule has 1 heterocycles. The predicted octanol–water partition coefficient (Wildman–Crippen LogP) is 21.5. The van der Waals surface area contributed by atoms with E-state index >= 15 is 0 Å². The van der Waals surface area contributed by atoms with Crippen molar-refractivity contribution in [2.24, 2.45) is 0 Å². The van der Waals surface area contributed by atoms with E-state index < -0.39 is 49.5 Å². The zero-order valence-electron chi connectivity index (χ0n) is 60.3. The highest BCUT2D eigenvalue weighted by molar-refractivity contribution is 5.76. The van der Waals surface area contributed by atoms with Crippen molar-refractivity contribution in [2.45, 2.75) is 436 Å². The Hall–Kier alpha value is -2.38. The first-order chi connectivity index (χ1) is 45.2. The Morgan fingerprint density at radius 1 is 0.391 bits per heavy atom. The van der Waals surface area contributed by atoms with Crippen molar-refractivity contribution in [3.63, 3.8) is 0 Å². The van der Waals surface area contributed by atoms with E-state index in [4.69, 9.17) is 14.2 Å². The minimum atomic E-state index is -1.58. The highest BCUT2D eigenvalue weighted by atomic mass is 16.7. The first kappa shape index (κ1) is 87.6. The molecule has 0 aromatic rings. The van der Waals surface area contributed by atoms with Gasteiger partial charge in [-0.25, -0.2) is 0 Å². The van der Waals surface area contributed by atoms with Crippen molar-refractivity contribution in [1.82, 2.24) is 5.32 Å². The van der Waals surface area contributed by atoms with Gasteiger partial charge in [-0.05, 0) is 83.5 Å². The Balaban J connectivity index is 1.91. The minimum absolute atomic E-state index is 0.0166. The number of hydrogen-bond acceptors (Lipinski definition) is 10. The van der Waals surface area contributed by atoms with E-state index in [0.29, 0.717) is 19.4 Å². The molecule has 11 heteroatoms. The molecule has 1 saturated heterocycles. The molecule has 0 spiro atoms. The van der Waals surface area contributed by atoms with Crippen molar-refractivity contribution >= 4 is 11.9 Å². The fraction of sp³-hybridized carbons (Fsp3) is 0.877. The van der Waals surface area contributed by atoms with Gasteiger partial charge < -0.3 is 45.1 Å². The average Bonchev–Trinajstić information content (AvgIpc) is 1.10. The van der Waals surface area contributed by atoms with Crippen molar-refractivity contribution in [2.75, 3.05) is 19.8 Å². The molecule has 7 atom stereocenters. The van der Waals surface area contributed by atoms with Gasteiger partial charge in [0.05, 0.1) is 32.0 Å². The van der Waals surface area contributed by atoms with Gasteiger partial charge in [0.2, 0.25) is 5.91 Å². The summed E-state index contributed by atoms with van der Waals surface area (Å²) in [6, 6.07) is -0.832. The molecule has 1 aliphatic rings. The number of carbonyl (C=O) groups excluding carboxylic acids is 2. The van der Waals surface area contributed by atoms with Crippen molar-refractivity contribution in [3.05, 3.63) is 48.6 Å².